The van der Waals surface area contributed by atoms with Crippen molar-refractivity contribution >= 4 is 33.0 Å². The van der Waals surface area contributed by atoms with Crippen LogP contribution >= 0.6 is 27.3 Å². The molecule has 2 heterocycles. The molecule has 1 aromatic rings. The van der Waals surface area contributed by atoms with Gasteiger partial charge in [0.1, 0.15) is 5.78 Å². The van der Waals surface area contributed by atoms with E-state index in [4.69, 9.17) is 0 Å². The molecule has 1 aromatic heterocycles. The molecule has 1 aliphatic heterocycles. The number of carbonyl (C=O) groups is 1. The molecule has 2 rings (SSSR count). The minimum absolute atomic E-state index is 0.311. The molecule has 1 fully saturated rings. The van der Waals surface area contributed by atoms with E-state index < -0.39 is 0 Å². The molecule has 0 amide bonds. The SMILES string of the molecule is CC(=O)C1CCN(Cc2ccc(Br)s2)CC1. The van der Waals surface area contributed by atoms with Crippen LogP contribution in [0, 0.1) is 5.92 Å². The maximum absolute atomic E-state index is 11.2. The number of rotatable bonds is 3. The Morgan fingerprint density at radius 1 is 1.50 bits per heavy atom. The monoisotopic (exact) mass is 301 g/mol. The third kappa shape index (κ3) is 3.15. The first-order valence-electron chi connectivity index (χ1n) is 5.62. The van der Waals surface area contributed by atoms with Crippen molar-refractivity contribution in [1.82, 2.24) is 4.90 Å². The van der Waals surface area contributed by atoms with Gasteiger partial charge in [-0.25, -0.2) is 0 Å². The van der Waals surface area contributed by atoms with Crippen LogP contribution in [0.2, 0.25) is 0 Å². The van der Waals surface area contributed by atoms with Crippen molar-refractivity contribution in [2.75, 3.05) is 13.1 Å². The van der Waals surface area contributed by atoms with Crippen LogP contribution in [0.4, 0.5) is 0 Å². The smallest absolute Gasteiger partial charge is 0.133 e. The number of halogens is 1. The van der Waals surface area contributed by atoms with E-state index in [1.807, 2.05) is 0 Å². The summed E-state index contributed by atoms with van der Waals surface area (Å²) in [5, 5.41) is 0. The number of Topliss-reactive ketones (excluding diaryl/α,β-unsaturated/α-hetero) is 1. The zero-order chi connectivity index (χ0) is 11.5. The highest BCUT2D eigenvalue weighted by molar-refractivity contribution is 9.11. The highest BCUT2D eigenvalue weighted by Crippen LogP contribution is 2.25. The summed E-state index contributed by atoms with van der Waals surface area (Å²) in [4.78, 5) is 15.1. The van der Waals surface area contributed by atoms with Gasteiger partial charge in [-0.05, 0) is 60.9 Å². The molecule has 0 spiro atoms. The Morgan fingerprint density at radius 3 is 2.69 bits per heavy atom. The molecule has 4 heteroatoms. The lowest BCUT2D eigenvalue weighted by atomic mass is 9.93. The molecule has 0 bridgehead atoms. The first-order valence-corrected chi connectivity index (χ1v) is 7.23. The van der Waals surface area contributed by atoms with Crippen molar-refractivity contribution in [2.24, 2.45) is 5.92 Å². The largest absolute Gasteiger partial charge is 0.300 e. The molecule has 0 N–H and O–H groups in total. The third-order valence-corrected chi connectivity index (χ3v) is 4.78. The minimum atomic E-state index is 0.311. The molecule has 0 saturated carbocycles. The predicted molar refractivity (Wildman–Crippen MR) is 70.7 cm³/mol. The Bertz CT molecular complexity index is 369. The minimum Gasteiger partial charge on any atom is -0.300 e. The Morgan fingerprint density at radius 2 is 2.19 bits per heavy atom. The van der Waals surface area contributed by atoms with Gasteiger partial charge in [0.2, 0.25) is 0 Å². The number of thiophene rings is 1. The van der Waals surface area contributed by atoms with Gasteiger partial charge >= 0.3 is 0 Å². The zero-order valence-electron chi connectivity index (χ0n) is 9.41. The quantitative estimate of drug-likeness (QED) is 0.854. The normalized spacial score (nSPS) is 18.9. The van der Waals surface area contributed by atoms with E-state index in [1.165, 1.54) is 8.66 Å². The Balaban J connectivity index is 1.83. The zero-order valence-corrected chi connectivity index (χ0v) is 11.8. The van der Waals surface area contributed by atoms with Crippen molar-refractivity contribution < 1.29 is 4.79 Å². The Labute approximate surface area is 109 Å². The second-order valence-corrected chi connectivity index (χ2v) is 6.91. The lowest BCUT2D eigenvalue weighted by Gasteiger charge is -2.30. The first-order chi connectivity index (χ1) is 7.65. The molecule has 88 valence electrons. The van der Waals surface area contributed by atoms with E-state index >= 15 is 0 Å². The van der Waals surface area contributed by atoms with Crippen LogP contribution in [0.3, 0.4) is 0 Å². The fourth-order valence-electron chi connectivity index (χ4n) is 2.15. The number of likely N-dealkylation sites (tertiary alicyclic amines) is 1. The van der Waals surface area contributed by atoms with E-state index in [1.54, 1.807) is 18.3 Å². The molecule has 0 aliphatic carbocycles. The molecule has 0 atom stereocenters. The molecule has 0 unspecified atom stereocenters. The summed E-state index contributed by atoms with van der Waals surface area (Å²) in [6, 6.07) is 4.27. The molecule has 0 aromatic carbocycles. The van der Waals surface area contributed by atoms with Crippen LogP contribution in [0.1, 0.15) is 24.6 Å². The molecular formula is C12H16BrNOS. The maximum atomic E-state index is 11.2. The summed E-state index contributed by atoms with van der Waals surface area (Å²) in [5.41, 5.74) is 0. The van der Waals surface area contributed by atoms with Crippen molar-refractivity contribution in [2.45, 2.75) is 26.3 Å². The van der Waals surface area contributed by atoms with Crippen molar-refractivity contribution in [1.29, 1.82) is 0 Å². The van der Waals surface area contributed by atoms with Crippen molar-refractivity contribution in [3.05, 3.63) is 20.8 Å². The summed E-state index contributed by atoms with van der Waals surface area (Å²) in [5.74, 6) is 0.671. The van der Waals surface area contributed by atoms with Gasteiger partial charge in [0.25, 0.3) is 0 Å². The van der Waals surface area contributed by atoms with Gasteiger partial charge in [-0.2, -0.15) is 0 Å². The number of nitrogens with zero attached hydrogens (tertiary/aromatic N) is 1. The lowest BCUT2D eigenvalue weighted by Crippen LogP contribution is -2.35. The second kappa shape index (κ2) is 5.43. The fraction of sp³-hybridized carbons (Fsp3) is 0.583. The Kier molecular flexibility index (Phi) is 4.16. The highest BCUT2D eigenvalue weighted by Gasteiger charge is 2.22. The van der Waals surface area contributed by atoms with Gasteiger partial charge in [0, 0.05) is 17.3 Å². The molecule has 2 nitrogen and oxygen atoms in total. The van der Waals surface area contributed by atoms with Crippen LogP contribution in [0.5, 0.6) is 0 Å². The molecular weight excluding hydrogens is 286 g/mol. The topological polar surface area (TPSA) is 20.3 Å². The van der Waals surface area contributed by atoms with Crippen molar-refractivity contribution in [3.63, 3.8) is 0 Å². The van der Waals surface area contributed by atoms with Crippen LogP contribution in [-0.2, 0) is 11.3 Å². The summed E-state index contributed by atoms with van der Waals surface area (Å²) in [6.45, 7) is 4.86. The van der Waals surface area contributed by atoms with E-state index in [-0.39, 0.29) is 0 Å². The fourth-order valence-corrected chi connectivity index (χ4v) is 3.68. The van der Waals surface area contributed by atoms with E-state index in [9.17, 15) is 4.79 Å². The number of hydrogen-bond donors (Lipinski definition) is 0. The van der Waals surface area contributed by atoms with Crippen LogP contribution < -0.4 is 0 Å². The Hall–Kier alpha value is -0.190. The average Bonchev–Trinajstić information content (AvgIpc) is 2.65. The van der Waals surface area contributed by atoms with Crippen molar-refractivity contribution in [3.8, 4) is 0 Å². The number of piperidine rings is 1. The van der Waals surface area contributed by atoms with Crippen LogP contribution in [-0.4, -0.2) is 23.8 Å². The molecule has 1 aliphatic rings. The van der Waals surface area contributed by atoms with E-state index in [0.29, 0.717) is 11.7 Å². The lowest BCUT2D eigenvalue weighted by molar-refractivity contribution is -0.122. The van der Waals surface area contributed by atoms with Gasteiger partial charge in [0.05, 0.1) is 3.79 Å². The summed E-state index contributed by atoms with van der Waals surface area (Å²) < 4.78 is 1.20. The van der Waals surface area contributed by atoms with Crippen LogP contribution in [0.25, 0.3) is 0 Å². The standard InChI is InChI=1S/C12H16BrNOS/c1-9(15)10-4-6-14(7-5-10)8-11-2-3-12(13)16-11/h2-3,10H,4-8H2,1H3. The number of carbonyl (C=O) groups excluding carboxylic acids is 1. The first kappa shape index (κ1) is 12.3. The number of ketones is 1. The maximum Gasteiger partial charge on any atom is 0.133 e. The molecule has 16 heavy (non-hydrogen) atoms. The highest BCUT2D eigenvalue weighted by atomic mass is 79.9. The van der Waals surface area contributed by atoms with Gasteiger partial charge in [-0.15, -0.1) is 11.3 Å². The van der Waals surface area contributed by atoms with Gasteiger partial charge in [0.15, 0.2) is 0 Å². The summed E-state index contributed by atoms with van der Waals surface area (Å²) in [6.07, 6.45) is 2.06. The van der Waals surface area contributed by atoms with Crippen LogP contribution in [0.15, 0.2) is 15.9 Å². The number of hydrogen-bond acceptors (Lipinski definition) is 3. The van der Waals surface area contributed by atoms with Gasteiger partial charge in [-0.3, -0.25) is 9.69 Å². The van der Waals surface area contributed by atoms with Gasteiger partial charge in [-0.1, -0.05) is 0 Å². The van der Waals surface area contributed by atoms with Gasteiger partial charge < -0.3 is 0 Å². The molecule has 1 saturated heterocycles. The third-order valence-electron chi connectivity index (χ3n) is 3.17. The molecule has 0 radical (unpaired) electrons. The average molecular weight is 302 g/mol. The van der Waals surface area contributed by atoms with E-state index in [0.717, 1.165) is 32.5 Å². The summed E-state index contributed by atoms with van der Waals surface area (Å²) in [7, 11) is 0. The predicted octanol–water partition coefficient (Wildman–Crippen LogP) is 3.31. The van der Waals surface area contributed by atoms with E-state index in [2.05, 4.69) is 33.0 Å². The summed E-state index contributed by atoms with van der Waals surface area (Å²) >= 11 is 5.28. The second-order valence-electron chi connectivity index (χ2n) is 4.37.